The molecule has 1 saturated heterocycles. The lowest BCUT2D eigenvalue weighted by molar-refractivity contribution is -0.238. The van der Waals surface area contributed by atoms with E-state index >= 15 is 0 Å². The fourth-order valence-corrected chi connectivity index (χ4v) is 4.36. The van der Waals surface area contributed by atoms with Crippen molar-refractivity contribution in [1.29, 1.82) is 0 Å². The van der Waals surface area contributed by atoms with Gasteiger partial charge in [-0.1, -0.05) is 66.7 Å². The van der Waals surface area contributed by atoms with Crippen LogP contribution in [0.25, 0.3) is 0 Å². The monoisotopic (exact) mass is 401 g/mol. The average Bonchev–Trinajstić information content (AvgIpc) is 3.03. The standard InChI is InChI=1S/C24H19NO5/c26-21-23(28,24(17-9-3-1-4-10-17)22(27)29-15-16-30-24)19-13-7-8-14-20(19)25(21)18-11-5-2-6-12-18/h1-14,28H,15-16H2/t23-,24+/m1/s1. The predicted molar refractivity (Wildman–Crippen MR) is 109 cm³/mol. The van der Waals surface area contributed by atoms with Crippen LogP contribution in [0.4, 0.5) is 11.4 Å². The van der Waals surface area contributed by atoms with Gasteiger partial charge in [0.15, 0.2) is 0 Å². The lowest BCUT2D eigenvalue weighted by Gasteiger charge is -2.44. The highest BCUT2D eigenvalue weighted by Crippen LogP contribution is 2.55. The summed E-state index contributed by atoms with van der Waals surface area (Å²) < 4.78 is 11.3. The Morgan fingerprint density at radius 3 is 2.13 bits per heavy atom. The van der Waals surface area contributed by atoms with Crippen LogP contribution in [0.2, 0.25) is 0 Å². The van der Waals surface area contributed by atoms with Crippen molar-refractivity contribution in [3.63, 3.8) is 0 Å². The largest absolute Gasteiger partial charge is 0.461 e. The zero-order valence-electron chi connectivity index (χ0n) is 16.0. The van der Waals surface area contributed by atoms with E-state index in [1.165, 1.54) is 4.90 Å². The van der Waals surface area contributed by atoms with E-state index in [0.717, 1.165) is 0 Å². The second-order valence-electron chi connectivity index (χ2n) is 7.24. The molecule has 0 bridgehead atoms. The van der Waals surface area contributed by atoms with Crippen LogP contribution in [0.3, 0.4) is 0 Å². The molecule has 2 aliphatic rings. The van der Waals surface area contributed by atoms with Gasteiger partial charge in [-0.25, -0.2) is 4.79 Å². The summed E-state index contributed by atoms with van der Waals surface area (Å²) in [7, 11) is 0. The number of cyclic esters (lactones) is 1. The zero-order chi connectivity index (χ0) is 20.8. The molecule has 0 aliphatic carbocycles. The Morgan fingerprint density at radius 2 is 1.43 bits per heavy atom. The van der Waals surface area contributed by atoms with Crippen LogP contribution in [0.5, 0.6) is 0 Å². The topological polar surface area (TPSA) is 76.1 Å². The Labute approximate surface area is 173 Å². The van der Waals surface area contributed by atoms with Crippen LogP contribution < -0.4 is 4.90 Å². The van der Waals surface area contributed by atoms with Gasteiger partial charge in [0.05, 0.1) is 12.3 Å². The SMILES string of the molecule is O=C1OCCO[C@]1(c1ccccc1)[C@]1(O)C(=O)N(c2ccccc2)c2ccccc21. The predicted octanol–water partition coefficient (Wildman–Crippen LogP) is 3.02. The van der Waals surface area contributed by atoms with Gasteiger partial charge in [0.25, 0.3) is 5.91 Å². The normalized spacial score (nSPS) is 25.7. The Morgan fingerprint density at radius 1 is 0.800 bits per heavy atom. The maximum atomic E-state index is 13.9. The van der Waals surface area contributed by atoms with Crippen LogP contribution >= 0.6 is 0 Å². The maximum Gasteiger partial charge on any atom is 0.347 e. The van der Waals surface area contributed by atoms with E-state index in [9.17, 15) is 14.7 Å². The minimum atomic E-state index is -2.31. The molecule has 1 amide bonds. The van der Waals surface area contributed by atoms with Crippen molar-refractivity contribution in [3.8, 4) is 0 Å². The number of ether oxygens (including phenoxy) is 2. The molecule has 2 atom stereocenters. The summed E-state index contributed by atoms with van der Waals surface area (Å²) >= 11 is 0. The van der Waals surface area contributed by atoms with Crippen molar-refractivity contribution in [2.24, 2.45) is 0 Å². The molecule has 0 radical (unpaired) electrons. The molecule has 6 heteroatoms. The molecule has 0 saturated carbocycles. The first kappa shape index (κ1) is 18.5. The molecular formula is C24H19NO5. The highest BCUT2D eigenvalue weighted by Gasteiger charge is 2.70. The Balaban J connectivity index is 1.80. The number of esters is 1. The number of anilines is 2. The molecule has 0 unspecified atom stereocenters. The molecule has 5 rings (SSSR count). The van der Waals surface area contributed by atoms with Gasteiger partial charge in [-0.2, -0.15) is 0 Å². The smallest absolute Gasteiger partial charge is 0.347 e. The van der Waals surface area contributed by atoms with Gasteiger partial charge >= 0.3 is 5.97 Å². The molecule has 0 spiro atoms. The first-order valence-corrected chi connectivity index (χ1v) is 9.69. The first-order chi connectivity index (χ1) is 14.6. The van der Waals surface area contributed by atoms with Crippen molar-refractivity contribution < 1.29 is 24.2 Å². The summed E-state index contributed by atoms with van der Waals surface area (Å²) in [6.45, 7) is 0.117. The number of carbonyl (C=O) groups is 2. The molecule has 2 aliphatic heterocycles. The molecule has 1 N–H and O–H groups in total. The Bertz CT molecular complexity index is 1120. The van der Waals surface area contributed by atoms with Gasteiger partial charge in [0.1, 0.15) is 6.61 Å². The molecule has 30 heavy (non-hydrogen) atoms. The number of hydrogen-bond acceptors (Lipinski definition) is 5. The van der Waals surface area contributed by atoms with Gasteiger partial charge in [-0.05, 0) is 23.8 Å². The van der Waals surface area contributed by atoms with Crippen LogP contribution in [0.1, 0.15) is 11.1 Å². The van der Waals surface area contributed by atoms with E-state index in [-0.39, 0.29) is 13.2 Å². The average molecular weight is 401 g/mol. The van der Waals surface area contributed by atoms with Gasteiger partial charge in [-0.3, -0.25) is 9.69 Å². The zero-order valence-corrected chi connectivity index (χ0v) is 16.0. The number of rotatable bonds is 3. The number of fused-ring (bicyclic) bond motifs is 1. The third-order valence-corrected chi connectivity index (χ3v) is 5.67. The lowest BCUT2D eigenvalue weighted by Crippen LogP contribution is -2.63. The molecule has 1 fully saturated rings. The van der Waals surface area contributed by atoms with Crippen LogP contribution in [-0.2, 0) is 30.3 Å². The molecule has 150 valence electrons. The second-order valence-corrected chi connectivity index (χ2v) is 7.24. The van der Waals surface area contributed by atoms with E-state index in [1.54, 1.807) is 78.9 Å². The van der Waals surface area contributed by atoms with Gasteiger partial charge in [0, 0.05) is 11.3 Å². The maximum absolute atomic E-state index is 13.9. The number of benzene rings is 3. The summed E-state index contributed by atoms with van der Waals surface area (Å²) in [6, 6.07) is 24.5. The van der Waals surface area contributed by atoms with Crippen LogP contribution in [0.15, 0.2) is 84.9 Å². The van der Waals surface area contributed by atoms with Gasteiger partial charge in [-0.15, -0.1) is 0 Å². The van der Waals surface area contributed by atoms with E-state index in [4.69, 9.17) is 9.47 Å². The summed E-state index contributed by atoms with van der Waals surface area (Å²) in [5.74, 6) is -1.46. The number of carbonyl (C=O) groups excluding carboxylic acids is 2. The van der Waals surface area contributed by atoms with Crippen molar-refractivity contribution in [2.45, 2.75) is 11.2 Å². The fraction of sp³-hybridized carbons (Fsp3) is 0.167. The van der Waals surface area contributed by atoms with Crippen LogP contribution in [-0.4, -0.2) is 30.2 Å². The van der Waals surface area contributed by atoms with Crippen molar-refractivity contribution >= 4 is 23.3 Å². The molecule has 0 aromatic heterocycles. The minimum absolute atomic E-state index is 0.0573. The highest BCUT2D eigenvalue weighted by atomic mass is 16.6. The number of amides is 1. The van der Waals surface area contributed by atoms with E-state index in [1.807, 2.05) is 6.07 Å². The molecular weight excluding hydrogens is 382 g/mol. The van der Waals surface area contributed by atoms with Gasteiger partial charge in [0.2, 0.25) is 11.2 Å². The highest BCUT2D eigenvalue weighted by molar-refractivity contribution is 6.15. The van der Waals surface area contributed by atoms with E-state index < -0.39 is 23.1 Å². The molecule has 3 aromatic carbocycles. The fourth-order valence-electron chi connectivity index (χ4n) is 4.36. The summed E-state index contributed by atoms with van der Waals surface area (Å²) in [4.78, 5) is 28.5. The summed E-state index contributed by atoms with van der Waals surface area (Å²) in [5.41, 5.74) is -2.61. The molecule has 6 nitrogen and oxygen atoms in total. The second kappa shape index (κ2) is 6.79. The molecule has 2 heterocycles. The van der Waals surface area contributed by atoms with E-state index in [0.29, 0.717) is 22.5 Å². The number of aliphatic hydroxyl groups is 1. The Hall–Kier alpha value is -3.48. The van der Waals surface area contributed by atoms with Crippen molar-refractivity contribution in [2.75, 3.05) is 18.1 Å². The third kappa shape index (κ3) is 2.32. The Kier molecular flexibility index (Phi) is 4.20. The van der Waals surface area contributed by atoms with Gasteiger partial charge < -0.3 is 14.6 Å². The summed E-state index contributed by atoms with van der Waals surface area (Å²) in [5, 5.41) is 12.1. The first-order valence-electron chi connectivity index (χ1n) is 9.69. The van der Waals surface area contributed by atoms with Crippen molar-refractivity contribution in [1.82, 2.24) is 0 Å². The van der Waals surface area contributed by atoms with Crippen molar-refractivity contribution in [3.05, 3.63) is 96.1 Å². The number of hydrogen-bond donors (Lipinski definition) is 1. The lowest BCUT2D eigenvalue weighted by atomic mass is 9.73. The third-order valence-electron chi connectivity index (χ3n) is 5.67. The molecule has 3 aromatic rings. The number of nitrogens with zero attached hydrogens (tertiary/aromatic N) is 1. The number of para-hydroxylation sites is 2. The van der Waals surface area contributed by atoms with Crippen LogP contribution in [0, 0.1) is 0 Å². The minimum Gasteiger partial charge on any atom is -0.461 e. The quantitative estimate of drug-likeness (QED) is 0.683. The van der Waals surface area contributed by atoms with E-state index in [2.05, 4.69) is 0 Å². The summed E-state index contributed by atoms with van der Waals surface area (Å²) in [6.07, 6.45) is 0.